The molecule has 0 spiro atoms. The first kappa shape index (κ1) is 17.1. The highest BCUT2D eigenvalue weighted by Gasteiger charge is 2.45. The molecule has 2 atom stereocenters. The summed E-state index contributed by atoms with van der Waals surface area (Å²) >= 11 is 0. The average molecular weight is 341 g/mol. The summed E-state index contributed by atoms with van der Waals surface area (Å²) < 4.78 is 0. The van der Waals surface area contributed by atoms with Crippen molar-refractivity contribution in [2.75, 3.05) is 0 Å². The van der Waals surface area contributed by atoms with E-state index in [1.54, 1.807) is 0 Å². The van der Waals surface area contributed by atoms with Gasteiger partial charge in [-0.15, -0.1) is 0 Å². The van der Waals surface area contributed by atoms with E-state index in [2.05, 4.69) is 40.5 Å². The second-order valence-corrected chi connectivity index (χ2v) is 8.34. The highest BCUT2D eigenvalue weighted by Crippen LogP contribution is 2.36. The highest BCUT2D eigenvalue weighted by molar-refractivity contribution is 5.84. The maximum Gasteiger partial charge on any atom is 0.241 e. The Morgan fingerprint density at radius 1 is 0.840 bits per heavy atom. The Bertz CT molecular complexity index is 561. The summed E-state index contributed by atoms with van der Waals surface area (Å²) in [4.78, 5) is 15.5. The van der Waals surface area contributed by atoms with Crippen molar-refractivity contribution in [2.24, 2.45) is 11.8 Å². The first-order valence-corrected chi connectivity index (χ1v) is 10.4. The molecular weight excluding hydrogens is 308 g/mol. The molecular formula is C22H32N2O. The van der Waals surface area contributed by atoms with Gasteiger partial charge in [-0.3, -0.25) is 10.1 Å². The van der Waals surface area contributed by atoms with E-state index < -0.39 is 0 Å². The molecule has 0 bridgehead atoms. The number of carbonyl (C=O) groups is 1. The minimum absolute atomic E-state index is 0.0657. The molecule has 0 aromatic heterocycles. The molecule has 3 fully saturated rings. The molecule has 2 aliphatic carbocycles. The zero-order chi connectivity index (χ0) is 17.1. The summed E-state index contributed by atoms with van der Waals surface area (Å²) in [6.45, 7) is 0.761. The van der Waals surface area contributed by atoms with Crippen LogP contribution in [-0.4, -0.2) is 23.0 Å². The van der Waals surface area contributed by atoms with Gasteiger partial charge in [-0.05, 0) is 43.1 Å². The summed E-state index contributed by atoms with van der Waals surface area (Å²) in [6.07, 6.45) is 13.2. The fraction of sp³-hybridized carbons (Fsp3) is 0.682. The largest absolute Gasteiger partial charge is 0.321 e. The molecule has 25 heavy (non-hydrogen) atoms. The number of benzene rings is 1. The molecule has 1 amide bonds. The third kappa shape index (κ3) is 3.76. The number of nitrogens with one attached hydrogen (secondary N) is 1. The number of hydrogen-bond acceptors (Lipinski definition) is 2. The quantitative estimate of drug-likeness (QED) is 0.877. The summed E-state index contributed by atoms with van der Waals surface area (Å²) in [5, 5.41) is 3.83. The molecule has 136 valence electrons. The van der Waals surface area contributed by atoms with E-state index in [1.165, 1.54) is 69.8 Å². The smallest absolute Gasteiger partial charge is 0.241 e. The van der Waals surface area contributed by atoms with E-state index in [-0.39, 0.29) is 12.2 Å². The van der Waals surface area contributed by atoms with Gasteiger partial charge in [-0.1, -0.05) is 68.9 Å². The van der Waals surface area contributed by atoms with Crippen molar-refractivity contribution in [1.82, 2.24) is 10.2 Å². The van der Waals surface area contributed by atoms with Gasteiger partial charge in [0.1, 0.15) is 0 Å². The average Bonchev–Trinajstić information content (AvgIpc) is 3.01. The molecule has 0 radical (unpaired) electrons. The first-order chi connectivity index (χ1) is 12.3. The number of carbonyl (C=O) groups excluding carboxylic acids is 1. The van der Waals surface area contributed by atoms with Crippen molar-refractivity contribution in [3.8, 4) is 0 Å². The molecule has 1 aliphatic heterocycles. The van der Waals surface area contributed by atoms with Gasteiger partial charge in [-0.25, -0.2) is 0 Å². The van der Waals surface area contributed by atoms with E-state index in [9.17, 15) is 4.79 Å². The minimum Gasteiger partial charge on any atom is -0.321 e. The Hall–Kier alpha value is -1.35. The molecule has 1 N–H and O–H groups in total. The molecule has 2 saturated carbocycles. The summed E-state index contributed by atoms with van der Waals surface area (Å²) in [5.41, 5.74) is 1.25. The molecule has 0 unspecified atom stereocenters. The van der Waals surface area contributed by atoms with Crippen LogP contribution in [0, 0.1) is 11.8 Å². The van der Waals surface area contributed by atoms with Gasteiger partial charge in [0.05, 0.1) is 12.2 Å². The first-order valence-electron chi connectivity index (χ1n) is 10.4. The highest BCUT2D eigenvalue weighted by atomic mass is 16.2. The maximum atomic E-state index is 13.3. The van der Waals surface area contributed by atoms with Crippen molar-refractivity contribution in [3.63, 3.8) is 0 Å². The van der Waals surface area contributed by atoms with Crippen molar-refractivity contribution in [1.29, 1.82) is 0 Å². The lowest BCUT2D eigenvalue weighted by Crippen LogP contribution is -2.44. The normalized spacial score (nSPS) is 29.3. The summed E-state index contributed by atoms with van der Waals surface area (Å²) in [7, 11) is 0. The SMILES string of the molecule is O=C1[C@H](C2CCCCC2)N[C@@H](C2CCCCC2)N1Cc1ccccc1. The zero-order valence-corrected chi connectivity index (χ0v) is 15.3. The van der Waals surface area contributed by atoms with Crippen LogP contribution in [0.1, 0.15) is 69.8 Å². The molecule has 1 aromatic carbocycles. The summed E-state index contributed by atoms with van der Waals surface area (Å²) in [6, 6.07) is 10.6. The maximum absolute atomic E-state index is 13.3. The van der Waals surface area contributed by atoms with Crippen LogP contribution in [0.5, 0.6) is 0 Å². The van der Waals surface area contributed by atoms with Gasteiger partial charge in [0.15, 0.2) is 0 Å². The Morgan fingerprint density at radius 2 is 1.44 bits per heavy atom. The van der Waals surface area contributed by atoms with Crippen molar-refractivity contribution in [3.05, 3.63) is 35.9 Å². The van der Waals surface area contributed by atoms with Gasteiger partial charge in [-0.2, -0.15) is 0 Å². The summed E-state index contributed by atoms with van der Waals surface area (Å²) in [5.74, 6) is 1.55. The predicted molar refractivity (Wildman–Crippen MR) is 101 cm³/mol. The topological polar surface area (TPSA) is 32.3 Å². The van der Waals surface area contributed by atoms with Crippen LogP contribution in [-0.2, 0) is 11.3 Å². The van der Waals surface area contributed by atoms with Crippen LogP contribution in [0.4, 0.5) is 0 Å². The Labute approximate surface area is 152 Å². The van der Waals surface area contributed by atoms with Crippen LogP contribution in [0.2, 0.25) is 0 Å². The molecule has 1 saturated heterocycles. The number of hydrogen-bond donors (Lipinski definition) is 1. The van der Waals surface area contributed by atoms with Gasteiger partial charge in [0.2, 0.25) is 5.91 Å². The minimum atomic E-state index is 0.0657. The second kappa shape index (κ2) is 7.90. The van der Waals surface area contributed by atoms with Gasteiger partial charge in [0, 0.05) is 6.54 Å². The van der Waals surface area contributed by atoms with Crippen LogP contribution in [0.15, 0.2) is 30.3 Å². The van der Waals surface area contributed by atoms with E-state index in [1.807, 2.05) is 0 Å². The van der Waals surface area contributed by atoms with E-state index in [0.717, 1.165) is 6.54 Å². The van der Waals surface area contributed by atoms with E-state index in [0.29, 0.717) is 17.7 Å². The molecule has 3 heteroatoms. The lowest BCUT2D eigenvalue weighted by molar-refractivity contribution is -0.132. The third-order valence-corrected chi connectivity index (χ3v) is 6.65. The number of rotatable bonds is 4. The van der Waals surface area contributed by atoms with Crippen molar-refractivity contribution >= 4 is 5.91 Å². The third-order valence-electron chi connectivity index (χ3n) is 6.65. The zero-order valence-electron chi connectivity index (χ0n) is 15.3. The van der Waals surface area contributed by atoms with Gasteiger partial charge < -0.3 is 4.90 Å². The monoisotopic (exact) mass is 340 g/mol. The second-order valence-electron chi connectivity index (χ2n) is 8.34. The molecule has 4 rings (SSSR count). The Kier molecular flexibility index (Phi) is 5.40. The van der Waals surface area contributed by atoms with Crippen LogP contribution < -0.4 is 5.32 Å². The van der Waals surface area contributed by atoms with Gasteiger partial charge in [0.25, 0.3) is 0 Å². The Morgan fingerprint density at radius 3 is 2.08 bits per heavy atom. The number of amides is 1. The molecule has 3 aliphatic rings. The standard InChI is InChI=1S/C22H32N2O/c25-22-20(18-12-6-2-7-13-18)23-21(19-14-8-3-9-15-19)24(22)16-17-10-4-1-5-11-17/h1,4-5,10-11,18-21,23H,2-3,6-9,12-16H2/t20-,21+/m0/s1. The molecule has 1 aromatic rings. The molecule has 3 nitrogen and oxygen atoms in total. The van der Waals surface area contributed by atoms with Crippen molar-refractivity contribution < 1.29 is 4.79 Å². The lowest BCUT2D eigenvalue weighted by Gasteiger charge is -2.34. The van der Waals surface area contributed by atoms with E-state index in [4.69, 9.17) is 0 Å². The lowest BCUT2D eigenvalue weighted by atomic mass is 9.83. The van der Waals surface area contributed by atoms with E-state index >= 15 is 0 Å². The van der Waals surface area contributed by atoms with Crippen LogP contribution in [0.3, 0.4) is 0 Å². The van der Waals surface area contributed by atoms with Crippen LogP contribution in [0.25, 0.3) is 0 Å². The Balaban J connectivity index is 1.54. The number of nitrogens with zero attached hydrogens (tertiary/aromatic N) is 1. The predicted octanol–water partition coefficient (Wildman–Crippen LogP) is 4.47. The van der Waals surface area contributed by atoms with Gasteiger partial charge >= 0.3 is 0 Å². The van der Waals surface area contributed by atoms with Crippen molar-refractivity contribution in [2.45, 2.75) is 83.0 Å². The van der Waals surface area contributed by atoms with Crippen LogP contribution >= 0.6 is 0 Å². The fourth-order valence-corrected chi connectivity index (χ4v) is 5.26. The fourth-order valence-electron chi connectivity index (χ4n) is 5.26. The molecule has 1 heterocycles.